The predicted molar refractivity (Wildman–Crippen MR) is 139 cm³/mol. The van der Waals surface area contributed by atoms with Crippen molar-refractivity contribution in [3.8, 4) is 11.5 Å². The summed E-state index contributed by atoms with van der Waals surface area (Å²) in [6.45, 7) is 15.2. The van der Waals surface area contributed by atoms with Gasteiger partial charge in [0.2, 0.25) is 12.7 Å². The van der Waals surface area contributed by atoms with E-state index in [-0.39, 0.29) is 42.3 Å². The van der Waals surface area contributed by atoms with Gasteiger partial charge in [-0.05, 0) is 30.5 Å². The monoisotopic (exact) mass is 501 g/mol. The van der Waals surface area contributed by atoms with Crippen LogP contribution < -0.4 is 15.2 Å². The lowest BCUT2D eigenvalue weighted by Crippen LogP contribution is -2.47. The van der Waals surface area contributed by atoms with Crippen LogP contribution in [0.5, 0.6) is 11.5 Å². The molecule has 1 amide bonds. The molecule has 2 N–H and O–H groups in total. The number of carbonyl (C=O) groups is 1. The number of benzene rings is 1. The van der Waals surface area contributed by atoms with Crippen LogP contribution in [0.4, 0.5) is 0 Å². The molecular formula is C28H43N3O5. The summed E-state index contributed by atoms with van der Waals surface area (Å²) in [6, 6.07) is 6.31. The highest BCUT2D eigenvalue weighted by molar-refractivity contribution is 5.78. The maximum Gasteiger partial charge on any atom is 0.236 e. The van der Waals surface area contributed by atoms with E-state index in [2.05, 4.69) is 50.5 Å². The number of hydrogen-bond acceptors (Lipinski definition) is 7. The molecular weight excluding hydrogens is 458 g/mol. The Morgan fingerprint density at radius 1 is 1.22 bits per heavy atom. The number of amides is 1. The second-order valence-corrected chi connectivity index (χ2v) is 10.8. The molecule has 0 aliphatic carbocycles. The SMILES string of the molecule is C=C[C@@H]1[C@@H](c2ccc3c(c2)OCO3)CN(CC(=O)N(CCN)CCCC)[C@H]1CC(C)(C)C1OCCO1. The van der Waals surface area contributed by atoms with Crippen molar-refractivity contribution in [2.75, 3.05) is 52.7 Å². The summed E-state index contributed by atoms with van der Waals surface area (Å²) < 4.78 is 23.0. The van der Waals surface area contributed by atoms with Gasteiger partial charge < -0.3 is 29.6 Å². The van der Waals surface area contributed by atoms with Crippen LogP contribution in [0.15, 0.2) is 30.9 Å². The summed E-state index contributed by atoms with van der Waals surface area (Å²) in [6.07, 6.45) is 4.66. The fraction of sp³-hybridized carbons (Fsp3) is 0.679. The third-order valence-electron chi connectivity index (χ3n) is 7.77. The molecule has 2 saturated heterocycles. The summed E-state index contributed by atoms with van der Waals surface area (Å²) in [7, 11) is 0. The molecule has 0 spiro atoms. The van der Waals surface area contributed by atoms with Crippen LogP contribution in [0.3, 0.4) is 0 Å². The molecule has 4 rings (SSSR count). The lowest BCUT2D eigenvalue weighted by Gasteiger charge is -2.37. The van der Waals surface area contributed by atoms with Gasteiger partial charge in [-0.2, -0.15) is 0 Å². The smallest absolute Gasteiger partial charge is 0.236 e. The maximum absolute atomic E-state index is 13.5. The first-order valence-corrected chi connectivity index (χ1v) is 13.3. The van der Waals surface area contributed by atoms with Gasteiger partial charge in [-0.25, -0.2) is 0 Å². The minimum Gasteiger partial charge on any atom is -0.454 e. The standard InChI is InChI=1S/C28H43N3O5/c1-5-7-11-30(12-10-29)26(32)18-31-17-22(20-8-9-24-25(15-20)36-19-35-24)21(6-2)23(31)16-28(3,4)27-33-13-14-34-27/h6,8-9,15,21-23,27H,2,5,7,10-14,16-19,29H2,1,3-4H3/t21-,22-,23+/m1/s1. The van der Waals surface area contributed by atoms with Crippen molar-refractivity contribution < 1.29 is 23.7 Å². The normalized spacial score (nSPS) is 24.4. The van der Waals surface area contributed by atoms with Crippen molar-refractivity contribution in [3.05, 3.63) is 36.4 Å². The van der Waals surface area contributed by atoms with Gasteiger partial charge in [0.25, 0.3) is 0 Å². The van der Waals surface area contributed by atoms with Crippen molar-refractivity contribution in [1.29, 1.82) is 0 Å². The first-order valence-electron chi connectivity index (χ1n) is 13.3. The van der Waals surface area contributed by atoms with Crippen molar-refractivity contribution in [2.45, 2.75) is 58.3 Å². The second kappa shape index (κ2) is 11.9. The Bertz CT molecular complexity index is 901. The fourth-order valence-corrected chi connectivity index (χ4v) is 5.85. The van der Waals surface area contributed by atoms with Crippen molar-refractivity contribution in [2.24, 2.45) is 17.1 Å². The van der Waals surface area contributed by atoms with E-state index in [4.69, 9.17) is 24.7 Å². The predicted octanol–water partition coefficient (Wildman–Crippen LogP) is 3.36. The van der Waals surface area contributed by atoms with E-state index in [1.165, 1.54) is 5.56 Å². The largest absolute Gasteiger partial charge is 0.454 e. The van der Waals surface area contributed by atoms with Crippen molar-refractivity contribution >= 4 is 5.91 Å². The highest BCUT2D eigenvalue weighted by Crippen LogP contribution is 2.46. The first-order chi connectivity index (χ1) is 17.4. The number of fused-ring (bicyclic) bond motifs is 1. The van der Waals surface area contributed by atoms with Crippen LogP contribution >= 0.6 is 0 Å². The lowest BCUT2D eigenvalue weighted by molar-refractivity contribution is -0.135. The van der Waals surface area contributed by atoms with Crippen LogP contribution in [-0.4, -0.2) is 80.8 Å². The molecule has 8 heteroatoms. The van der Waals surface area contributed by atoms with Crippen LogP contribution in [0.2, 0.25) is 0 Å². The zero-order chi connectivity index (χ0) is 25.7. The first kappa shape index (κ1) is 26.9. The number of nitrogens with zero attached hydrogens (tertiary/aromatic N) is 2. The molecule has 0 unspecified atom stereocenters. The summed E-state index contributed by atoms with van der Waals surface area (Å²) >= 11 is 0. The average Bonchev–Trinajstić information content (AvgIpc) is 3.62. The molecule has 8 nitrogen and oxygen atoms in total. The molecule has 3 aliphatic rings. The number of rotatable bonds is 12. The van der Waals surface area contributed by atoms with Gasteiger partial charge in [0, 0.05) is 49.5 Å². The van der Waals surface area contributed by atoms with Crippen LogP contribution in [0, 0.1) is 11.3 Å². The van der Waals surface area contributed by atoms with E-state index < -0.39 is 0 Å². The molecule has 3 aliphatic heterocycles. The van der Waals surface area contributed by atoms with Crippen molar-refractivity contribution in [1.82, 2.24) is 9.80 Å². The van der Waals surface area contributed by atoms with Crippen LogP contribution in [-0.2, 0) is 14.3 Å². The third kappa shape index (κ3) is 5.88. The molecule has 0 bridgehead atoms. The number of likely N-dealkylation sites (tertiary alicyclic amines) is 1. The number of ether oxygens (including phenoxy) is 4. The summed E-state index contributed by atoms with van der Waals surface area (Å²) in [4.78, 5) is 17.7. The van der Waals surface area contributed by atoms with E-state index in [9.17, 15) is 4.79 Å². The van der Waals surface area contributed by atoms with Gasteiger partial charge in [-0.3, -0.25) is 9.69 Å². The van der Waals surface area contributed by atoms with E-state index in [1.807, 2.05) is 11.0 Å². The Kier molecular flexibility index (Phi) is 8.93. The quantitative estimate of drug-likeness (QED) is 0.440. The molecule has 0 aromatic heterocycles. The summed E-state index contributed by atoms with van der Waals surface area (Å²) in [5.74, 6) is 2.05. The highest BCUT2D eigenvalue weighted by Gasteiger charge is 2.46. The van der Waals surface area contributed by atoms with E-state index in [0.29, 0.717) is 32.8 Å². The molecule has 0 radical (unpaired) electrons. The molecule has 3 heterocycles. The minimum absolute atomic E-state index is 0.121. The van der Waals surface area contributed by atoms with Gasteiger partial charge in [-0.1, -0.05) is 39.3 Å². The van der Waals surface area contributed by atoms with E-state index >= 15 is 0 Å². The zero-order valence-corrected chi connectivity index (χ0v) is 22.1. The van der Waals surface area contributed by atoms with Crippen LogP contribution in [0.1, 0.15) is 51.5 Å². The van der Waals surface area contributed by atoms with Gasteiger partial charge in [-0.15, -0.1) is 6.58 Å². The molecule has 36 heavy (non-hydrogen) atoms. The summed E-state index contributed by atoms with van der Waals surface area (Å²) in [5.41, 5.74) is 6.81. The molecule has 1 aromatic carbocycles. The van der Waals surface area contributed by atoms with Gasteiger partial charge in [0.1, 0.15) is 0 Å². The van der Waals surface area contributed by atoms with Gasteiger partial charge in [0.15, 0.2) is 17.8 Å². The summed E-state index contributed by atoms with van der Waals surface area (Å²) in [5, 5.41) is 0. The number of carbonyl (C=O) groups excluding carboxylic acids is 1. The molecule has 0 saturated carbocycles. The van der Waals surface area contributed by atoms with Gasteiger partial charge >= 0.3 is 0 Å². The highest BCUT2D eigenvalue weighted by atomic mass is 16.7. The minimum atomic E-state index is -0.247. The number of nitrogens with two attached hydrogens (primary N) is 1. The number of hydrogen-bond donors (Lipinski definition) is 1. The molecule has 200 valence electrons. The third-order valence-corrected chi connectivity index (χ3v) is 7.77. The van der Waals surface area contributed by atoms with E-state index in [1.54, 1.807) is 0 Å². The molecule has 2 fully saturated rings. The van der Waals surface area contributed by atoms with E-state index in [0.717, 1.165) is 43.9 Å². The number of unbranched alkanes of at least 4 members (excludes halogenated alkanes) is 1. The Balaban J connectivity index is 1.59. The average molecular weight is 502 g/mol. The maximum atomic E-state index is 13.5. The Morgan fingerprint density at radius 2 is 1.97 bits per heavy atom. The second-order valence-electron chi connectivity index (χ2n) is 10.8. The Hall–Kier alpha value is -2.13. The molecule has 1 aromatic rings. The van der Waals surface area contributed by atoms with Crippen molar-refractivity contribution in [3.63, 3.8) is 0 Å². The Labute approximate surface area is 215 Å². The van der Waals surface area contributed by atoms with Crippen LogP contribution in [0.25, 0.3) is 0 Å². The zero-order valence-electron chi connectivity index (χ0n) is 22.1. The molecule has 3 atom stereocenters. The van der Waals surface area contributed by atoms with Gasteiger partial charge in [0.05, 0.1) is 19.8 Å². The fourth-order valence-electron chi connectivity index (χ4n) is 5.85. The lowest BCUT2D eigenvalue weighted by atomic mass is 9.77. The Morgan fingerprint density at radius 3 is 2.67 bits per heavy atom. The topological polar surface area (TPSA) is 86.5 Å².